The largest absolute Gasteiger partial charge is 0.318 e. The van der Waals surface area contributed by atoms with E-state index >= 15 is 0 Å². The van der Waals surface area contributed by atoms with Crippen molar-refractivity contribution in [3.05, 3.63) is 23.5 Å². The summed E-state index contributed by atoms with van der Waals surface area (Å²) in [6.07, 6.45) is -1.67. The number of carbonyl (C=O) groups is 1. The van der Waals surface area contributed by atoms with Crippen molar-refractivity contribution in [1.29, 1.82) is 0 Å². The zero-order valence-corrected chi connectivity index (χ0v) is 7.05. The molecule has 0 aliphatic carbocycles. The SMILES string of the molecule is O=C(Nc1cccnc1Cl)C(F)F. The van der Waals surface area contributed by atoms with Crippen molar-refractivity contribution >= 4 is 23.2 Å². The minimum absolute atomic E-state index is 0.0171. The molecule has 1 aromatic heterocycles. The fourth-order valence-electron chi connectivity index (χ4n) is 0.667. The summed E-state index contributed by atoms with van der Waals surface area (Å²) in [7, 11) is 0. The lowest BCUT2D eigenvalue weighted by molar-refractivity contribution is -0.126. The van der Waals surface area contributed by atoms with Crippen LogP contribution in [0.3, 0.4) is 0 Å². The lowest BCUT2D eigenvalue weighted by Crippen LogP contribution is -2.20. The Hall–Kier alpha value is -1.23. The van der Waals surface area contributed by atoms with Crippen LogP contribution in [0, 0.1) is 0 Å². The van der Waals surface area contributed by atoms with Gasteiger partial charge in [0.15, 0.2) is 5.15 Å². The van der Waals surface area contributed by atoms with E-state index in [2.05, 4.69) is 4.98 Å². The van der Waals surface area contributed by atoms with E-state index in [-0.39, 0.29) is 10.8 Å². The first-order valence-electron chi connectivity index (χ1n) is 3.31. The molecule has 1 heterocycles. The number of pyridine rings is 1. The molecule has 0 aromatic carbocycles. The maximum atomic E-state index is 11.8. The summed E-state index contributed by atoms with van der Waals surface area (Å²) >= 11 is 5.50. The van der Waals surface area contributed by atoms with Gasteiger partial charge in [-0.1, -0.05) is 11.6 Å². The topological polar surface area (TPSA) is 42.0 Å². The Bertz CT molecular complexity index is 319. The lowest BCUT2D eigenvalue weighted by Gasteiger charge is -2.04. The lowest BCUT2D eigenvalue weighted by atomic mass is 10.4. The third kappa shape index (κ3) is 2.62. The number of amides is 1. The van der Waals surface area contributed by atoms with Gasteiger partial charge in [0.25, 0.3) is 5.91 Å². The standard InChI is InChI=1S/C7H5ClF2N2O/c8-5-4(2-1-3-11-5)12-7(13)6(9)10/h1-3,6H,(H,12,13). The second-order valence-electron chi connectivity index (χ2n) is 2.13. The van der Waals surface area contributed by atoms with Crippen LogP contribution < -0.4 is 5.32 Å². The van der Waals surface area contributed by atoms with Crippen molar-refractivity contribution in [2.24, 2.45) is 0 Å². The highest BCUT2D eigenvalue weighted by Gasteiger charge is 2.16. The summed E-state index contributed by atoms with van der Waals surface area (Å²) in [5, 5.41) is 1.91. The van der Waals surface area contributed by atoms with Crippen molar-refractivity contribution in [3.8, 4) is 0 Å². The van der Waals surface area contributed by atoms with Crippen LogP contribution in [-0.2, 0) is 4.79 Å². The predicted octanol–water partition coefficient (Wildman–Crippen LogP) is 1.94. The summed E-state index contributed by atoms with van der Waals surface area (Å²) < 4.78 is 23.5. The minimum atomic E-state index is -3.06. The van der Waals surface area contributed by atoms with Gasteiger partial charge in [-0.15, -0.1) is 0 Å². The summed E-state index contributed by atoms with van der Waals surface area (Å²) in [6.45, 7) is 0. The molecule has 0 atom stereocenters. The molecule has 1 rings (SSSR count). The molecule has 0 radical (unpaired) electrons. The number of hydrogen-bond acceptors (Lipinski definition) is 2. The number of nitrogens with one attached hydrogen (secondary N) is 1. The normalized spacial score (nSPS) is 10.2. The molecule has 0 aliphatic heterocycles. The van der Waals surface area contributed by atoms with Crippen LogP contribution in [0.2, 0.25) is 5.15 Å². The van der Waals surface area contributed by atoms with Gasteiger partial charge in [-0.25, -0.2) is 4.98 Å². The number of nitrogens with zero attached hydrogens (tertiary/aromatic N) is 1. The molecule has 0 saturated heterocycles. The van der Waals surface area contributed by atoms with Gasteiger partial charge in [0.05, 0.1) is 5.69 Å². The van der Waals surface area contributed by atoms with Crippen molar-refractivity contribution < 1.29 is 13.6 Å². The number of halogens is 3. The Labute approximate surface area is 77.7 Å². The summed E-state index contributed by atoms with van der Waals surface area (Å²) in [6, 6.07) is 2.86. The minimum Gasteiger partial charge on any atom is -0.318 e. The molecule has 0 bridgehead atoms. The van der Waals surface area contributed by atoms with Crippen LogP contribution in [0.15, 0.2) is 18.3 Å². The van der Waals surface area contributed by atoms with Crippen molar-refractivity contribution in [3.63, 3.8) is 0 Å². The van der Waals surface area contributed by atoms with Crippen molar-refractivity contribution in [2.75, 3.05) is 5.32 Å². The van der Waals surface area contributed by atoms with Gasteiger partial charge in [-0.2, -0.15) is 8.78 Å². The molecule has 1 N–H and O–H groups in total. The molecular weight excluding hydrogens is 202 g/mol. The Kier molecular flexibility index (Phi) is 3.13. The quantitative estimate of drug-likeness (QED) is 0.752. The number of anilines is 1. The Morgan fingerprint density at radius 2 is 2.31 bits per heavy atom. The van der Waals surface area contributed by atoms with E-state index in [4.69, 9.17) is 11.6 Å². The maximum absolute atomic E-state index is 11.8. The fraction of sp³-hybridized carbons (Fsp3) is 0.143. The zero-order valence-electron chi connectivity index (χ0n) is 6.30. The third-order valence-electron chi connectivity index (χ3n) is 1.22. The average Bonchev–Trinajstić information content (AvgIpc) is 2.08. The molecule has 3 nitrogen and oxygen atoms in total. The van der Waals surface area contributed by atoms with Gasteiger partial charge in [-0.3, -0.25) is 4.79 Å². The Morgan fingerprint density at radius 3 is 2.85 bits per heavy atom. The van der Waals surface area contributed by atoms with Crippen molar-refractivity contribution in [1.82, 2.24) is 4.98 Å². The number of rotatable bonds is 2. The van der Waals surface area contributed by atoms with E-state index in [1.165, 1.54) is 18.3 Å². The first-order valence-corrected chi connectivity index (χ1v) is 3.68. The third-order valence-corrected chi connectivity index (χ3v) is 1.52. The maximum Gasteiger partial charge on any atom is 0.315 e. The molecule has 0 aliphatic rings. The van der Waals surface area contributed by atoms with E-state index in [0.717, 1.165) is 0 Å². The van der Waals surface area contributed by atoms with Gasteiger partial charge >= 0.3 is 6.43 Å². The van der Waals surface area contributed by atoms with E-state index in [0.29, 0.717) is 0 Å². The van der Waals surface area contributed by atoms with Gasteiger partial charge in [0.1, 0.15) is 0 Å². The molecule has 13 heavy (non-hydrogen) atoms. The summed E-state index contributed by atoms with van der Waals surface area (Å²) in [4.78, 5) is 14.1. The molecule has 70 valence electrons. The van der Waals surface area contributed by atoms with Crippen LogP contribution in [0.1, 0.15) is 0 Å². The number of alkyl halides is 2. The van der Waals surface area contributed by atoms with Gasteiger partial charge in [0, 0.05) is 6.20 Å². The first-order chi connectivity index (χ1) is 6.11. The second-order valence-corrected chi connectivity index (χ2v) is 2.49. The molecular formula is C7H5ClF2N2O. The Balaban J connectivity index is 2.75. The molecule has 1 aromatic rings. The summed E-state index contributed by atoms with van der Waals surface area (Å²) in [5.74, 6) is -1.39. The van der Waals surface area contributed by atoms with Gasteiger partial charge in [-0.05, 0) is 12.1 Å². The predicted molar refractivity (Wildman–Crippen MR) is 43.9 cm³/mol. The molecule has 6 heteroatoms. The van der Waals surface area contributed by atoms with E-state index in [1.54, 1.807) is 0 Å². The molecule has 0 unspecified atom stereocenters. The van der Waals surface area contributed by atoms with Crippen LogP contribution in [0.25, 0.3) is 0 Å². The number of aromatic nitrogens is 1. The van der Waals surface area contributed by atoms with Crippen LogP contribution >= 0.6 is 11.6 Å². The van der Waals surface area contributed by atoms with Crippen LogP contribution in [-0.4, -0.2) is 17.3 Å². The van der Waals surface area contributed by atoms with Gasteiger partial charge < -0.3 is 5.32 Å². The number of hydrogen-bond donors (Lipinski definition) is 1. The Morgan fingerprint density at radius 1 is 1.62 bits per heavy atom. The van der Waals surface area contributed by atoms with Crippen molar-refractivity contribution in [2.45, 2.75) is 6.43 Å². The average molecular weight is 207 g/mol. The molecule has 1 amide bonds. The van der Waals surface area contributed by atoms with E-state index in [9.17, 15) is 13.6 Å². The summed E-state index contributed by atoms with van der Waals surface area (Å²) in [5.41, 5.74) is 0.0782. The zero-order chi connectivity index (χ0) is 9.84. The highest BCUT2D eigenvalue weighted by Crippen LogP contribution is 2.17. The highest BCUT2D eigenvalue weighted by molar-refractivity contribution is 6.32. The second kappa shape index (κ2) is 4.13. The van der Waals surface area contributed by atoms with Crippen LogP contribution in [0.5, 0.6) is 0 Å². The molecule has 0 fully saturated rings. The van der Waals surface area contributed by atoms with Gasteiger partial charge in [0.2, 0.25) is 0 Å². The monoisotopic (exact) mass is 206 g/mol. The number of carbonyl (C=O) groups excluding carboxylic acids is 1. The van der Waals surface area contributed by atoms with Crippen LogP contribution in [0.4, 0.5) is 14.5 Å². The van der Waals surface area contributed by atoms with E-state index in [1.807, 2.05) is 5.32 Å². The highest BCUT2D eigenvalue weighted by atomic mass is 35.5. The first kappa shape index (κ1) is 9.85. The molecule has 0 saturated carbocycles. The molecule has 0 spiro atoms. The smallest absolute Gasteiger partial charge is 0.315 e. The fourth-order valence-corrected chi connectivity index (χ4v) is 0.833. The van der Waals surface area contributed by atoms with E-state index < -0.39 is 12.3 Å².